The van der Waals surface area contributed by atoms with Crippen LogP contribution in [0.3, 0.4) is 0 Å². The molecule has 0 spiro atoms. The predicted octanol–water partition coefficient (Wildman–Crippen LogP) is 5.89. The Morgan fingerprint density at radius 2 is 1.56 bits per heavy atom. The van der Waals surface area contributed by atoms with E-state index in [1.165, 1.54) is 18.2 Å². The maximum Gasteiger partial charge on any atom is 0.328 e. The smallest absolute Gasteiger partial charge is 0.328 e. The number of piperidine rings is 1. The van der Waals surface area contributed by atoms with Gasteiger partial charge >= 0.3 is 5.97 Å². The Bertz CT molecular complexity index is 1160. The number of amides is 1. The third-order valence-electron chi connectivity index (χ3n) is 6.71. The zero-order valence-corrected chi connectivity index (χ0v) is 21.8. The van der Waals surface area contributed by atoms with Crippen LogP contribution in [0.2, 0.25) is 10.0 Å². The number of nitrogens with zero attached hydrogens (tertiary/aromatic N) is 1. The van der Waals surface area contributed by atoms with E-state index in [9.17, 15) is 9.59 Å². The number of hydrogen-bond donors (Lipinski definition) is 1. The van der Waals surface area contributed by atoms with Crippen molar-refractivity contribution in [3.63, 3.8) is 0 Å². The van der Waals surface area contributed by atoms with E-state index in [1.54, 1.807) is 18.2 Å². The summed E-state index contributed by atoms with van der Waals surface area (Å²) in [4.78, 5) is 27.7. The van der Waals surface area contributed by atoms with E-state index in [1.807, 2.05) is 12.1 Å². The van der Waals surface area contributed by atoms with E-state index >= 15 is 0 Å². The van der Waals surface area contributed by atoms with Crippen molar-refractivity contribution >= 4 is 35.1 Å². The molecule has 1 heterocycles. The first kappa shape index (κ1) is 26.2. The lowest BCUT2D eigenvalue weighted by atomic mass is 9.88. The van der Waals surface area contributed by atoms with Gasteiger partial charge in [-0.25, -0.2) is 4.79 Å². The Morgan fingerprint density at radius 3 is 2.17 bits per heavy atom. The molecule has 0 radical (unpaired) electrons. The second kappa shape index (κ2) is 12.4. The topological polar surface area (TPSA) is 58.6 Å². The molecule has 5 nitrogen and oxygen atoms in total. The van der Waals surface area contributed by atoms with Gasteiger partial charge in [-0.15, -0.1) is 0 Å². The molecular weight excluding hydrogens is 495 g/mol. The number of likely N-dealkylation sites (tertiary alicyclic amines) is 1. The van der Waals surface area contributed by atoms with E-state index < -0.39 is 17.9 Å². The molecular formula is C29H30Cl2N2O3. The molecule has 36 heavy (non-hydrogen) atoms. The summed E-state index contributed by atoms with van der Waals surface area (Å²) in [6.07, 6.45) is 2.54. The highest BCUT2D eigenvalue weighted by Gasteiger charge is 2.25. The fourth-order valence-corrected chi connectivity index (χ4v) is 5.28. The van der Waals surface area contributed by atoms with Crippen molar-refractivity contribution in [2.45, 2.75) is 37.8 Å². The van der Waals surface area contributed by atoms with Crippen LogP contribution in [0.5, 0.6) is 0 Å². The molecule has 1 saturated heterocycles. The molecule has 7 heteroatoms. The molecule has 1 amide bonds. The summed E-state index contributed by atoms with van der Waals surface area (Å²) in [6, 6.07) is 22.9. The van der Waals surface area contributed by atoms with Crippen LogP contribution in [0.25, 0.3) is 0 Å². The van der Waals surface area contributed by atoms with Gasteiger partial charge < -0.3 is 10.1 Å². The fourth-order valence-electron chi connectivity index (χ4n) is 4.71. The largest absolute Gasteiger partial charge is 0.467 e. The van der Waals surface area contributed by atoms with Crippen molar-refractivity contribution in [2.24, 2.45) is 0 Å². The van der Waals surface area contributed by atoms with Crippen molar-refractivity contribution in [2.75, 3.05) is 20.2 Å². The minimum absolute atomic E-state index is 0.142. The number of carbonyl (C=O) groups is 2. The van der Waals surface area contributed by atoms with Gasteiger partial charge in [0.15, 0.2) is 0 Å². The molecule has 3 aromatic carbocycles. The first-order valence-corrected chi connectivity index (χ1v) is 12.9. The molecule has 0 bridgehead atoms. The summed E-state index contributed by atoms with van der Waals surface area (Å²) < 4.78 is 4.93. The summed E-state index contributed by atoms with van der Waals surface area (Å²) in [7, 11) is 1.30. The van der Waals surface area contributed by atoms with E-state index in [-0.39, 0.29) is 15.6 Å². The maximum atomic E-state index is 12.8. The lowest BCUT2D eigenvalue weighted by molar-refractivity contribution is -0.142. The van der Waals surface area contributed by atoms with Gasteiger partial charge in [-0.2, -0.15) is 0 Å². The fraction of sp³-hybridized carbons (Fsp3) is 0.310. The van der Waals surface area contributed by atoms with Gasteiger partial charge in [0.25, 0.3) is 5.91 Å². The molecule has 3 aromatic rings. The lowest BCUT2D eigenvalue weighted by Crippen LogP contribution is -2.43. The Labute approximate surface area is 222 Å². The highest BCUT2D eigenvalue weighted by molar-refractivity contribution is 6.39. The van der Waals surface area contributed by atoms with Gasteiger partial charge in [-0.3, -0.25) is 9.69 Å². The number of rotatable bonds is 8. The molecule has 1 N–H and O–H groups in total. The van der Waals surface area contributed by atoms with Crippen LogP contribution in [0.15, 0.2) is 72.8 Å². The number of nitrogens with one attached hydrogen (secondary N) is 1. The second-order valence-electron chi connectivity index (χ2n) is 9.13. The Hall–Kier alpha value is -2.86. The highest BCUT2D eigenvalue weighted by Crippen LogP contribution is 2.29. The molecule has 0 aliphatic carbocycles. The average molecular weight is 525 g/mol. The summed E-state index contributed by atoms with van der Waals surface area (Å²) in [5.41, 5.74) is 3.73. The van der Waals surface area contributed by atoms with Gasteiger partial charge in [-0.1, -0.05) is 83.9 Å². The summed E-state index contributed by atoms with van der Waals surface area (Å²) >= 11 is 12.3. The molecule has 1 atom stereocenters. The van der Waals surface area contributed by atoms with E-state index in [4.69, 9.17) is 27.9 Å². The number of methoxy groups -OCH3 is 1. The van der Waals surface area contributed by atoms with E-state index in [2.05, 4.69) is 52.7 Å². The van der Waals surface area contributed by atoms with Crippen LogP contribution in [-0.2, 0) is 22.5 Å². The van der Waals surface area contributed by atoms with Crippen LogP contribution < -0.4 is 5.32 Å². The van der Waals surface area contributed by atoms with Gasteiger partial charge in [0.05, 0.1) is 22.7 Å². The number of halogens is 2. The summed E-state index contributed by atoms with van der Waals surface area (Å²) in [5.74, 6) is -0.522. The van der Waals surface area contributed by atoms with Crippen molar-refractivity contribution < 1.29 is 14.3 Å². The van der Waals surface area contributed by atoms with Crippen molar-refractivity contribution in [1.82, 2.24) is 10.2 Å². The SMILES string of the molecule is COC(=O)C(Cc1ccc(C2CCN(Cc3ccccc3)CC2)cc1)NC(=O)c1c(Cl)cccc1Cl. The molecule has 4 rings (SSSR count). The van der Waals surface area contributed by atoms with Crippen LogP contribution in [0, 0.1) is 0 Å². The Balaban J connectivity index is 1.36. The third-order valence-corrected chi connectivity index (χ3v) is 7.34. The zero-order valence-electron chi connectivity index (χ0n) is 20.3. The Morgan fingerprint density at radius 1 is 0.917 bits per heavy atom. The molecule has 188 valence electrons. The second-order valence-corrected chi connectivity index (χ2v) is 9.94. The van der Waals surface area contributed by atoms with Gasteiger partial charge in [0, 0.05) is 13.0 Å². The number of ether oxygens (including phenoxy) is 1. The van der Waals surface area contributed by atoms with Crippen LogP contribution in [-0.4, -0.2) is 43.0 Å². The van der Waals surface area contributed by atoms with Crippen molar-refractivity contribution in [1.29, 1.82) is 0 Å². The van der Waals surface area contributed by atoms with Gasteiger partial charge in [-0.05, 0) is 60.7 Å². The minimum Gasteiger partial charge on any atom is -0.467 e. The summed E-state index contributed by atoms with van der Waals surface area (Å²) in [6.45, 7) is 3.14. The number of carbonyl (C=O) groups excluding carboxylic acids is 2. The standard InChI is InChI=1S/C29H30Cl2N2O3/c1-36-29(35)26(32-28(34)27-24(30)8-5-9-25(27)31)18-20-10-12-22(13-11-20)23-14-16-33(17-15-23)19-21-6-3-2-4-7-21/h2-13,23,26H,14-19H2,1H3,(H,32,34). The molecule has 1 aliphatic rings. The maximum absolute atomic E-state index is 12.8. The van der Waals surface area contributed by atoms with Crippen molar-refractivity contribution in [3.05, 3.63) is 105 Å². The monoisotopic (exact) mass is 524 g/mol. The molecule has 1 unspecified atom stereocenters. The van der Waals surface area contributed by atoms with Gasteiger partial charge in [0.2, 0.25) is 0 Å². The Kier molecular flexibility index (Phi) is 9.03. The molecule has 1 aliphatic heterocycles. The third kappa shape index (κ3) is 6.67. The quantitative estimate of drug-likeness (QED) is 0.373. The zero-order chi connectivity index (χ0) is 25.5. The van der Waals surface area contributed by atoms with Crippen molar-refractivity contribution in [3.8, 4) is 0 Å². The molecule has 0 aromatic heterocycles. The van der Waals surface area contributed by atoms with E-state index in [0.717, 1.165) is 38.0 Å². The van der Waals surface area contributed by atoms with E-state index in [0.29, 0.717) is 12.3 Å². The van der Waals surface area contributed by atoms with Crippen LogP contribution in [0.1, 0.15) is 45.8 Å². The first-order chi connectivity index (χ1) is 17.4. The minimum atomic E-state index is -0.859. The first-order valence-electron chi connectivity index (χ1n) is 12.1. The number of esters is 1. The normalized spacial score (nSPS) is 15.3. The lowest BCUT2D eigenvalue weighted by Gasteiger charge is -2.32. The number of benzene rings is 3. The van der Waals surface area contributed by atoms with Crippen LogP contribution in [0.4, 0.5) is 0 Å². The highest BCUT2D eigenvalue weighted by atomic mass is 35.5. The van der Waals surface area contributed by atoms with Gasteiger partial charge in [0.1, 0.15) is 6.04 Å². The molecule has 1 fully saturated rings. The predicted molar refractivity (Wildman–Crippen MR) is 144 cm³/mol. The van der Waals surface area contributed by atoms with Crippen LogP contribution >= 0.6 is 23.2 Å². The number of hydrogen-bond acceptors (Lipinski definition) is 4. The molecule has 0 saturated carbocycles. The average Bonchev–Trinajstić information content (AvgIpc) is 2.89. The summed E-state index contributed by atoms with van der Waals surface area (Å²) in [5, 5.41) is 3.18.